The average Bonchev–Trinajstić information content (AvgIpc) is 2.82. The van der Waals surface area contributed by atoms with Crippen molar-refractivity contribution in [3.8, 4) is 33.7 Å². The summed E-state index contributed by atoms with van der Waals surface area (Å²) in [5, 5.41) is 0. The van der Waals surface area contributed by atoms with Crippen LogP contribution < -0.4 is 5.73 Å². The second-order valence-electron chi connectivity index (χ2n) is 9.32. The molecule has 0 amide bonds. The Bertz CT molecular complexity index is 1240. The number of methoxy groups -OCH3 is 1. The Labute approximate surface area is 201 Å². The molecule has 3 aromatic carbocycles. The molecular formula is C28H29NO4Si. The topological polar surface area (TPSA) is 70.8 Å². The molecule has 1 atom stereocenters. The van der Waals surface area contributed by atoms with Crippen molar-refractivity contribution < 1.29 is 19.0 Å². The molecule has 0 bridgehead atoms. The van der Waals surface area contributed by atoms with Gasteiger partial charge in [0, 0.05) is 5.56 Å². The highest BCUT2D eigenvalue weighted by Gasteiger charge is 2.63. The molecule has 1 fully saturated rings. The van der Waals surface area contributed by atoms with Gasteiger partial charge in [-0.3, -0.25) is 0 Å². The van der Waals surface area contributed by atoms with E-state index in [1.807, 2.05) is 66.7 Å². The van der Waals surface area contributed by atoms with E-state index in [0.29, 0.717) is 5.56 Å². The Kier molecular flexibility index (Phi) is 6.48. The summed E-state index contributed by atoms with van der Waals surface area (Å²) in [7, 11) is -0.579. The van der Waals surface area contributed by atoms with Crippen LogP contribution in [-0.2, 0) is 24.8 Å². The predicted octanol–water partition coefficient (Wildman–Crippen LogP) is 4.93. The van der Waals surface area contributed by atoms with Gasteiger partial charge in [0.1, 0.15) is 8.07 Å². The Morgan fingerprint density at radius 3 is 1.97 bits per heavy atom. The molecular weight excluding hydrogens is 442 g/mol. The zero-order chi connectivity index (χ0) is 24.4. The van der Waals surface area contributed by atoms with Crippen LogP contribution in [0.2, 0.25) is 19.6 Å². The van der Waals surface area contributed by atoms with Gasteiger partial charge in [0.15, 0.2) is 6.79 Å². The Hall–Kier alpha value is -3.21. The number of esters is 1. The molecule has 1 saturated heterocycles. The number of hydrogen-bond donors (Lipinski definition) is 1. The lowest BCUT2D eigenvalue weighted by Gasteiger charge is -2.48. The van der Waals surface area contributed by atoms with E-state index in [1.165, 1.54) is 7.11 Å². The standard InChI is InChI=1S/C28H29NO4Si/c1-31-26(30)27(29,17-18-34(2,3)4)28(32-20-33-28)23-15-16-24(21-11-7-5-8-12-21)25(19-23)22-13-9-6-10-14-22/h5-16,19H,20,29H2,1-4H3. The zero-order valence-corrected chi connectivity index (χ0v) is 20.9. The van der Waals surface area contributed by atoms with E-state index in [4.69, 9.17) is 19.9 Å². The van der Waals surface area contributed by atoms with Crippen LogP contribution in [0.4, 0.5) is 0 Å². The zero-order valence-electron chi connectivity index (χ0n) is 19.9. The number of rotatable bonds is 5. The summed E-state index contributed by atoms with van der Waals surface area (Å²) in [5.74, 6) is 0.718. The fourth-order valence-corrected chi connectivity index (χ4v) is 4.56. The molecule has 1 heterocycles. The second kappa shape index (κ2) is 9.20. The number of benzene rings is 3. The van der Waals surface area contributed by atoms with Gasteiger partial charge in [-0.2, -0.15) is 0 Å². The maximum Gasteiger partial charge on any atom is 0.344 e. The maximum atomic E-state index is 13.0. The van der Waals surface area contributed by atoms with Gasteiger partial charge in [-0.1, -0.05) is 98.4 Å². The van der Waals surface area contributed by atoms with Crippen LogP contribution in [0, 0.1) is 11.5 Å². The monoisotopic (exact) mass is 471 g/mol. The first-order valence-electron chi connectivity index (χ1n) is 11.2. The molecule has 6 heteroatoms. The molecule has 34 heavy (non-hydrogen) atoms. The van der Waals surface area contributed by atoms with E-state index in [2.05, 4.69) is 43.2 Å². The third-order valence-corrected chi connectivity index (χ3v) is 6.63. The lowest BCUT2D eigenvalue weighted by Crippen LogP contribution is -2.69. The first kappa shape index (κ1) is 23.9. The van der Waals surface area contributed by atoms with Gasteiger partial charge in [-0.15, -0.1) is 5.54 Å². The van der Waals surface area contributed by atoms with Crippen molar-refractivity contribution >= 4 is 14.0 Å². The largest absolute Gasteiger partial charge is 0.467 e. The number of hydrogen-bond acceptors (Lipinski definition) is 5. The van der Waals surface area contributed by atoms with Crippen LogP contribution in [0.15, 0.2) is 78.9 Å². The molecule has 0 aliphatic carbocycles. The van der Waals surface area contributed by atoms with Crippen molar-refractivity contribution in [2.45, 2.75) is 31.0 Å². The van der Waals surface area contributed by atoms with E-state index < -0.39 is 25.4 Å². The minimum absolute atomic E-state index is 0.00563. The third-order valence-electron chi connectivity index (χ3n) is 5.75. The number of ether oxygens (including phenoxy) is 3. The molecule has 1 unspecified atom stereocenters. The van der Waals surface area contributed by atoms with E-state index in [9.17, 15) is 4.79 Å². The average molecular weight is 472 g/mol. The quantitative estimate of drug-likeness (QED) is 0.325. The highest BCUT2D eigenvalue weighted by Crippen LogP contribution is 2.46. The summed E-state index contributed by atoms with van der Waals surface area (Å²) in [5.41, 5.74) is 12.8. The van der Waals surface area contributed by atoms with Crippen molar-refractivity contribution in [2.24, 2.45) is 5.73 Å². The van der Waals surface area contributed by atoms with Gasteiger partial charge < -0.3 is 19.9 Å². The molecule has 0 radical (unpaired) electrons. The molecule has 0 aromatic heterocycles. The SMILES string of the molecule is COC(=O)C(N)(C#C[Si](C)(C)C)C1(c2ccc(-c3ccccc3)c(-c3ccccc3)c2)OCO1. The highest BCUT2D eigenvalue weighted by molar-refractivity contribution is 6.83. The summed E-state index contributed by atoms with van der Waals surface area (Å²) >= 11 is 0. The minimum Gasteiger partial charge on any atom is -0.467 e. The number of carbonyl (C=O) groups is 1. The van der Waals surface area contributed by atoms with E-state index in [1.54, 1.807) is 0 Å². The van der Waals surface area contributed by atoms with Gasteiger partial charge in [-0.25, -0.2) is 4.79 Å². The van der Waals surface area contributed by atoms with Gasteiger partial charge in [0.25, 0.3) is 0 Å². The summed E-state index contributed by atoms with van der Waals surface area (Å²) in [6.45, 7) is 6.24. The van der Waals surface area contributed by atoms with Crippen molar-refractivity contribution in [1.82, 2.24) is 0 Å². The molecule has 2 N–H and O–H groups in total. The first-order valence-corrected chi connectivity index (χ1v) is 14.7. The van der Waals surface area contributed by atoms with Gasteiger partial charge in [0.2, 0.25) is 11.3 Å². The van der Waals surface area contributed by atoms with Crippen molar-refractivity contribution in [3.05, 3.63) is 84.4 Å². The van der Waals surface area contributed by atoms with Crippen molar-refractivity contribution in [1.29, 1.82) is 0 Å². The molecule has 3 aromatic rings. The number of nitrogens with two attached hydrogens (primary N) is 1. The molecule has 1 aliphatic rings. The molecule has 0 saturated carbocycles. The normalized spacial score (nSPS) is 16.4. The van der Waals surface area contributed by atoms with E-state index >= 15 is 0 Å². The third kappa shape index (κ3) is 4.31. The van der Waals surface area contributed by atoms with E-state index in [0.717, 1.165) is 22.3 Å². The van der Waals surface area contributed by atoms with Crippen LogP contribution in [0.1, 0.15) is 5.56 Å². The van der Waals surface area contributed by atoms with Crippen LogP contribution >= 0.6 is 0 Å². The van der Waals surface area contributed by atoms with Gasteiger partial charge >= 0.3 is 5.97 Å². The summed E-state index contributed by atoms with van der Waals surface area (Å²) in [6.07, 6.45) is 0. The van der Waals surface area contributed by atoms with Crippen LogP contribution in [0.5, 0.6) is 0 Å². The molecule has 1 aliphatic heterocycles. The van der Waals surface area contributed by atoms with Crippen LogP contribution in [0.3, 0.4) is 0 Å². The second-order valence-corrected chi connectivity index (χ2v) is 14.1. The minimum atomic E-state index is -1.87. The van der Waals surface area contributed by atoms with Crippen LogP contribution in [-0.4, -0.2) is 33.5 Å². The Balaban J connectivity index is 1.93. The molecule has 0 spiro atoms. The molecule has 174 valence electrons. The van der Waals surface area contributed by atoms with Crippen molar-refractivity contribution in [2.75, 3.05) is 13.9 Å². The fourth-order valence-electron chi connectivity index (χ4n) is 3.99. The van der Waals surface area contributed by atoms with Crippen LogP contribution in [0.25, 0.3) is 22.3 Å². The summed E-state index contributed by atoms with van der Waals surface area (Å²) < 4.78 is 17.0. The lowest BCUT2D eigenvalue weighted by atomic mass is 9.81. The highest BCUT2D eigenvalue weighted by atomic mass is 28.3. The maximum absolute atomic E-state index is 13.0. The Morgan fingerprint density at radius 1 is 0.941 bits per heavy atom. The first-order chi connectivity index (χ1) is 16.2. The fraction of sp³-hybridized carbons (Fsp3) is 0.250. The molecule has 5 nitrogen and oxygen atoms in total. The van der Waals surface area contributed by atoms with E-state index in [-0.39, 0.29) is 6.79 Å². The predicted molar refractivity (Wildman–Crippen MR) is 136 cm³/mol. The summed E-state index contributed by atoms with van der Waals surface area (Å²) in [4.78, 5) is 13.0. The lowest BCUT2D eigenvalue weighted by molar-refractivity contribution is -0.422. The summed E-state index contributed by atoms with van der Waals surface area (Å²) in [6, 6.07) is 26.0. The Morgan fingerprint density at radius 2 is 1.50 bits per heavy atom. The van der Waals surface area contributed by atoms with Gasteiger partial charge in [0.05, 0.1) is 7.11 Å². The van der Waals surface area contributed by atoms with Gasteiger partial charge in [-0.05, 0) is 28.3 Å². The smallest absolute Gasteiger partial charge is 0.344 e. The number of carbonyl (C=O) groups excluding carboxylic acids is 1. The van der Waals surface area contributed by atoms with Crippen molar-refractivity contribution in [3.63, 3.8) is 0 Å². The molecule has 4 rings (SSSR count).